The third kappa shape index (κ3) is 6.29. The van der Waals surface area contributed by atoms with Crippen molar-refractivity contribution in [1.82, 2.24) is 15.5 Å². The van der Waals surface area contributed by atoms with Gasteiger partial charge in [-0.3, -0.25) is 4.99 Å². The van der Waals surface area contributed by atoms with Crippen molar-refractivity contribution in [3.63, 3.8) is 0 Å². The van der Waals surface area contributed by atoms with Gasteiger partial charge in [0, 0.05) is 6.54 Å². The Labute approximate surface area is 163 Å². The van der Waals surface area contributed by atoms with Crippen LogP contribution in [0.15, 0.2) is 59.6 Å². The summed E-state index contributed by atoms with van der Waals surface area (Å²) in [5.74, 6) is 1.69. The van der Waals surface area contributed by atoms with Crippen LogP contribution in [0.4, 0.5) is 0 Å². The number of ether oxygens (including phenoxy) is 1. The fourth-order valence-electron chi connectivity index (χ4n) is 2.94. The number of benzene rings is 2. The van der Waals surface area contributed by atoms with Crippen LogP contribution in [0, 0.1) is 0 Å². The van der Waals surface area contributed by atoms with Gasteiger partial charge >= 0.3 is 0 Å². The van der Waals surface area contributed by atoms with Crippen LogP contribution < -0.4 is 15.4 Å². The zero-order chi connectivity index (χ0) is 19.6. The SMILES string of the molecule is CCNC(=NCC(c1cccc(OC)c1)N(C)C)NC(C)c1ccccc1. The van der Waals surface area contributed by atoms with E-state index in [-0.39, 0.29) is 12.1 Å². The minimum atomic E-state index is 0.169. The van der Waals surface area contributed by atoms with E-state index in [4.69, 9.17) is 9.73 Å². The Bertz CT molecular complexity index is 715. The van der Waals surface area contributed by atoms with Crippen molar-refractivity contribution in [2.75, 3.05) is 34.3 Å². The Morgan fingerprint density at radius 2 is 1.78 bits per heavy atom. The molecule has 0 heterocycles. The monoisotopic (exact) mass is 368 g/mol. The molecule has 2 unspecified atom stereocenters. The summed E-state index contributed by atoms with van der Waals surface area (Å²) in [4.78, 5) is 7.03. The largest absolute Gasteiger partial charge is 0.497 e. The van der Waals surface area contributed by atoms with E-state index in [1.54, 1.807) is 7.11 Å². The molecular weight excluding hydrogens is 336 g/mol. The lowest BCUT2D eigenvalue weighted by Gasteiger charge is -2.25. The summed E-state index contributed by atoms with van der Waals surface area (Å²) in [7, 11) is 5.85. The van der Waals surface area contributed by atoms with E-state index in [1.807, 2.05) is 18.2 Å². The van der Waals surface area contributed by atoms with E-state index in [0.29, 0.717) is 6.54 Å². The minimum Gasteiger partial charge on any atom is -0.497 e. The molecule has 146 valence electrons. The highest BCUT2D eigenvalue weighted by molar-refractivity contribution is 5.80. The molecule has 0 aliphatic rings. The molecule has 0 aliphatic carbocycles. The lowest BCUT2D eigenvalue weighted by molar-refractivity contribution is 0.305. The Kier molecular flexibility index (Phi) is 8.14. The Morgan fingerprint density at radius 1 is 1.07 bits per heavy atom. The molecule has 2 rings (SSSR count). The molecule has 0 bridgehead atoms. The normalized spacial score (nSPS) is 13.9. The molecule has 5 heteroatoms. The molecule has 2 N–H and O–H groups in total. The topological polar surface area (TPSA) is 48.9 Å². The molecule has 0 fully saturated rings. The van der Waals surface area contributed by atoms with Crippen molar-refractivity contribution in [2.24, 2.45) is 4.99 Å². The van der Waals surface area contributed by atoms with Crippen molar-refractivity contribution < 1.29 is 4.74 Å². The fraction of sp³-hybridized carbons (Fsp3) is 0.409. The number of aliphatic imine (C=N–C) groups is 1. The number of hydrogen-bond donors (Lipinski definition) is 2. The van der Waals surface area contributed by atoms with Gasteiger partial charge in [-0.05, 0) is 51.2 Å². The molecule has 0 saturated carbocycles. The molecule has 2 aromatic carbocycles. The highest BCUT2D eigenvalue weighted by Gasteiger charge is 2.15. The predicted molar refractivity (Wildman–Crippen MR) is 113 cm³/mol. The second-order valence-electron chi connectivity index (χ2n) is 6.75. The first-order chi connectivity index (χ1) is 13.0. The summed E-state index contributed by atoms with van der Waals surface area (Å²) in [6.45, 7) is 5.69. The third-order valence-electron chi connectivity index (χ3n) is 4.52. The van der Waals surface area contributed by atoms with Gasteiger partial charge in [-0.2, -0.15) is 0 Å². The fourth-order valence-corrected chi connectivity index (χ4v) is 2.94. The average molecular weight is 369 g/mol. The van der Waals surface area contributed by atoms with Gasteiger partial charge in [0.2, 0.25) is 0 Å². The second-order valence-corrected chi connectivity index (χ2v) is 6.75. The molecule has 0 radical (unpaired) electrons. The number of rotatable bonds is 8. The van der Waals surface area contributed by atoms with Crippen LogP contribution in [0.25, 0.3) is 0 Å². The van der Waals surface area contributed by atoms with Crippen LogP contribution in [-0.4, -0.2) is 45.2 Å². The Morgan fingerprint density at radius 3 is 2.41 bits per heavy atom. The predicted octanol–water partition coefficient (Wildman–Crippen LogP) is 3.61. The minimum absolute atomic E-state index is 0.169. The van der Waals surface area contributed by atoms with E-state index in [2.05, 4.69) is 79.9 Å². The van der Waals surface area contributed by atoms with Crippen molar-refractivity contribution in [3.8, 4) is 5.75 Å². The molecule has 0 aliphatic heterocycles. The summed E-state index contributed by atoms with van der Waals surface area (Å²) in [6, 6.07) is 18.9. The molecule has 0 amide bonds. The summed E-state index contributed by atoms with van der Waals surface area (Å²) >= 11 is 0. The molecule has 0 saturated heterocycles. The average Bonchev–Trinajstić information content (AvgIpc) is 2.68. The standard InChI is InChI=1S/C22H32N4O/c1-6-23-22(25-17(2)18-11-8-7-9-12-18)24-16-21(26(3)4)19-13-10-14-20(15-19)27-5/h7-15,17,21H,6,16H2,1-5H3,(H2,23,24,25). The van der Waals surface area contributed by atoms with Gasteiger partial charge < -0.3 is 20.3 Å². The summed E-state index contributed by atoms with van der Waals surface area (Å²) in [5, 5.41) is 6.85. The van der Waals surface area contributed by atoms with Gasteiger partial charge in [-0.25, -0.2) is 0 Å². The molecule has 0 spiro atoms. The van der Waals surface area contributed by atoms with Gasteiger partial charge in [0.25, 0.3) is 0 Å². The maximum Gasteiger partial charge on any atom is 0.191 e. The van der Waals surface area contributed by atoms with Gasteiger partial charge in [0.15, 0.2) is 5.96 Å². The lowest BCUT2D eigenvalue weighted by atomic mass is 10.1. The second kappa shape index (κ2) is 10.6. The summed E-state index contributed by atoms with van der Waals surface area (Å²) in [5.41, 5.74) is 2.43. The van der Waals surface area contributed by atoms with E-state index in [1.165, 1.54) is 11.1 Å². The molecule has 2 aromatic rings. The molecule has 2 atom stereocenters. The number of guanidine groups is 1. The van der Waals surface area contributed by atoms with E-state index in [9.17, 15) is 0 Å². The van der Waals surface area contributed by atoms with Crippen LogP contribution in [0.1, 0.15) is 37.1 Å². The van der Waals surface area contributed by atoms with Crippen molar-refractivity contribution in [2.45, 2.75) is 25.9 Å². The van der Waals surface area contributed by atoms with Crippen LogP contribution in [0.3, 0.4) is 0 Å². The zero-order valence-corrected chi connectivity index (χ0v) is 17.1. The quantitative estimate of drug-likeness (QED) is 0.552. The number of nitrogens with zero attached hydrogens (tertiary/aromatic N) is 2. The van der Waals surface area contributed by atoms with E-state index < -0.39 is 0 Å². The van der Waals surface area contributed by atoms with Crippen LogP contribution in [0.5, 0.6) is 5.75 Å². The maximum absolute atomic E-state index is 5.37. The smallest absolute Gasteiger partial charge is 0.191 e. The van der Waals surface area contributed by atoms with E-state index in [0.717, 1.165) is 18.3 Å². The van der Waals surface area contributed by atoms with Crippen LogP contribution in [-0.2, 0) is 0 Å². The highest BCUT2D eigenvalue weighted by Crippen LogP contribution is 2.23. The first-order valence-electron chi connectivity index (χ1n) is 9.45. The van der Waals surface area contributed by atoms with Crippen molar-refractivity contribution >= 4 is 5.96 Å². The van der Waals surface area contributed by atoms with Crippen molar-refractivity contribution in [1.29, 1.82) is 0 Å². The van der Waals surface area contributed by atoms with Crippen molar-refractivity contribution in [3.05, 3.63) is 65.7 Å². The first kappa shape index (κ1) is 20.8. The number of nitrogens with one attached hydrogen (secondary N) is 2. The molecule has 0 aromatic heterocycles. The van der Waals surface area contributed by atoms with Gasteiger partial charge in [0.05, 0.1) is 25.7 Å². The Balaban J connectivity index is 2.14. The number of methoxy groups -OCH3 is 1. The maximum atomic E-state index is 5.37. The van der Waals surface area contributed by atoms with E-state index >= 15 is 0 Å². The summed E-state index contributed by atoms with van der Waals surface area (Å²) < 4.78 is 5.37. The zero-order valence-electron chi connectivity index (χ0n) is 17.1. The molecule has 27 heavy (non-hydrogen) atoms. The van der Waals surface area contributed by atoms with Gasteiger partial charge in [-0.1, -0.05) is 42.5 Å². The number of hydrogen-bond acceptors (Lipinski definition) is 3. The summed E-state index contributed by atoms with van der Waals surface area (Å²) in [6.07, 6.45) is 0. The molecule has 5 nitrogen and oxygen atoms in total. The van der Waals surface area contributed by atoms with Gasteiger partial charge in [0.1, 0.15) is 5.75 Å². The Hall–Kier alpha value is -2.53. The molecular formula is C22H32N4O. The van der Waals surface area contributed by atoms with Crippen LogP contribution in [0.2, 0.25) is 0 Å². The van der Waals surface area contributed by atoms with Gasteiger partial charge in [-0.15, -0.1) is 0 Å². The first-order valence-corrected chi connectivity index (χ1v) is 9.45. The van der Waals surface area contributed by atoms with Crippen LogP contribution >= 0.6 is 0 Å². The third-order valence-corrected chi connectivity index (χ3v) is 4.52. The highest BCUT2D eigenvalue weighted by atomic mass is 16.5. The number of likely N-dealkylation sites (N-methyl/N-ethyl adjacent to an activating group) is 1. The lowest BCUT2D eigenvalue weighted by Crippen LogP contribution is -2.39.